The van der Waals surface area contributed by atoms with E-state index in [0.717, 1.165) is 23.9 Å². The molecule has 23 heavy (non-hydrogen) atoms. The van der Waals surface area contributed by atoms with Gasteiger partial charge < -0.3 is 15.2 Å². The number of aromatic nitrogens is 2. The molecule has 1 aliphatic heterocycles. The van der Waals surface area contributed by atoms with Crippen molar-refractivity contribution < 1.29 is 9.59 Å². The first kappa shape index (κ1) is 15.8. The van der Waals surface area contributed by atoms with Crippen LogP contribution in [0.5, 0.6) is 0 Å². The molecule has 0 aliphatic carbocycles. The van der Waals surface area contributed by atoms with Crippen LogP contribution >= 0.6 is 11.6 Å². The molecular weight excluding hydrogens is 316 g/mol. The topological polar surface area (TPSA) is 78.1 Å². The minimum Gasteiger partial charge on any atom is -0.353 e. The minimum absolute atomic E-state index is 0.0190. The van der Waals surface area contributed by atoms with Crippen LogP contribution in [0.25, 0.3) is 11.0 Å². The molecule has 0 saturated carbocycles. The molecule has 2 aromatic rings. The van der Waals surface area contributed by atoms with Crippen LogP contribution in [0.3, 0.4) is 0 Å². The number of nitrogens with one attached hydrogen (secondary N) is 2. The van der Waals surface area contributed by atoms with Gasteiger partial charge in [0.1, 0.15) is 0 Å². The van der Waals surface area contributed by atoms with Crippen molar-refractivity contribution in [3.05, 3.63) is 30.1 Å². The van der Waals surface area contributed by atoms with Crippen LogP contribution in [0, 0.1) is 0 Å². The highest BCUT2D eigenvalue weighted by Crippen LogP contribution is 2.17. The quantitative estimate of drug-likeness (QED) is 0.838. The fourth-order valence-electron chi connectivity index (χ4n) is 2.86. The molecule has 1 aromatic carbocycles. The summed E-state index contributed by atoms with van der Waals surface area (Å²) in [5.41, 5.74) is 2.37. The number of aromatic amines is 1. The second-order valence-corrected chi connectivity index (χ2v) is 6.09. The highest BCUT2D eigenvalue weighted by molar-refractivity contribution is 6.18. The number of carbonyl (C=O) groups excluding carboxylic acids is 2. The van der Waals surface area contributed by atoms with Crippen molar-refractivity contribution in [1.82, 2.24) is 20.2 Å². The van der Waals surface area contributed by atoms with E-state index in [2.05, 4.69) is 15.3 Å². The van der Waals surface area contributed by atoms with Gasteiger partial charge in [0.2, 0.25) is 5.91 Å². The molecule has 7 heteroatoms. The number of hydrogen-bond acceptors (Lipinski definition) is 3. The van der Waals surface area contributed by atoms with E-state index in [4.69, 9.17) is 11.6 Å². The van der Waals surface area contributed by atoms with Crippen molar-refractivity contribution in [2.24, 2.45) is 0 Å². The first-order chi connectivity index (χ1) is 11.2. The Balaban J connectivity index is 1.58. The van der Waals surface area contributed by atoms with Crippen molar-refractivity contribution in [1.29, 1.82) is 0 Å². The summed E-state index contributed by atoms with van der Waals surface area (Å²) in [5, 5.41) is 2.97. The van der Waals surface area contributed by atoms with Crippen molar-refractivity contribution in [2.75, 3.05) is 19.0 Å². The van der Waals surface area contributed by atoms with E-state index in [1.807, 2.05) is 17.0 Å². The molecule has 1 aliphatic rings. The van der Waals surface area contributed by atoms with Gasteiger partial charge in [-0.05, 0) is 31.0 Å². The molecule has 1 saturated heterocycles. The average molecular weight is 335 g/mol. The zero-order valence-corrected chi connectivity index (χ0v) is 13.5. The van der Waals surface area contributed by atoms with Crippen LogP contribution in [-0.2, 0) is 4.79 Å². The van der Waals surface area contributed by atoms with Crippen LogP contribution in [0.2, 0.25) is 0 Å². The molecular formula is C16H19ClN4O2. The van der Waals surface area contributed by atoms with Gasteiger partial charge >= 0.3 is 0 Å². The largest absolute Gasteiger partial charge is 0.353 e. The molecule has 0 bridgehead atoms. The fraction of sp³-hybridized carbons (Fsp3) is 0.438. The molecule has 6 nitrogen and oxygen atoms in total. The Bertz CT molecular complexity index is 707. The average Bonchev–Trinajstić information content (AvgIpc) is 3.02. The van der Waals surface area contributed by atoms with Gasteiger partial charge in [0, 0.05) is 37.0 Å². The lowest BCUT2D eigenvalue weighted by Gasteiger charge is -2.32. The highest BCUT2D eigenvalue weighted by atomic mass is 35.5. The van der Waals surface area contributed by atoms with Crippen molar-refractivity contribution in [3.63, 3.8) is 0 Å². The number of amides is 2. The van der Waals surface area contributed by atoms with Crippen LogP contribution in [0.1, 0.15) is 29.6 Å². The number of benzene rings is 1. The summed E-state index contributed by atoms with van der Waals surface area (Å²) >= 11 is 5.56. The smallest absolute Gasteiger partial charge is 0.253 e. The third-order valence-corrected chi connectivity index (χ3v) is 4.33. The number of H-pyrrole nitrogens is 1. The predicted octanol–water partition coefficient (Wildman–Crippen LogP) is 1.91. The van der Waals surface area contributed by atoms with Crippen LogP contribution < -0.4 is 5.32 Å². The summed E-state index contributed by atoms with van der Waals surface area (Å²) in [5.74, 6) is 0.334. The number of carbonyl (C=O) groups is 2. The normalized spacial score (nSPS) is 15.8. The first-order valence-corrected chi connectivity index (χ1v) is 8.28. The fourth-order valence-corrected chi connectivity index (χ4v) is 3.04. The summed E-state index contributed by atoms with van der Waals surface area (Å²) in [7, 11) is 0. The molecule has 1 fully saturated rings. The van der Waals surface area contributed by atoms with Crippen LogP contribution in [0.15, 0.2) is 24.5 Å². The lowest BCUT2D eigenvalue weighted by molar-refractivity contribution is -0.121. The van der Waals surface area contributed by atoms with Gasteiger partial charge in [-0.2, -0.15) is 0 Å². The Kier molecular flexibility index (Phi) is 4.81. The number of hydrogen-bond donors (Lipinski definition) is 2. The van der Waals surface area contributed by atoms with E-state index in [9.17, 15) is 9.59 Å². The maximum atomic E-state index is 12.6. The maximum absolute atomic E-state index is 12.6. The van der Waals surface area contributed by atoms with Crippen molar-refractivity contribution in [2.45, 2.75) is 25.3 Å². The van der Waals surface area contributed by atoms with Gasteiger partial charge in [-0.3, -0.25) is 9.59 Å². The Morgan fingerprint density at radius 2 is 2.13 bits per heavy atom. The lowest BCUT2D eigenvalue weighted by atomic mass is 10.0. The molecule has 1 aromatic heterocycles. The molecule has 2 N–H and O–H groups in total. The maximum Gasteiger partial charge on any atom is 0.253 e. The Morgan fingerprint density at radius 1 is 1.35 bits per heavy atom. The molecule has 0 atom stereocenters. The zero-order valence-electron chi connectivity index (χ0n) is 12.7. The van der Waals surface area contributed by atoms with Gasteiger partial charge in [-0.25, -0.2) is 4.98 Å². The van der Waals surface area contributed by atoms with E-state index in [-0.39, 0.29) is 17.9 Å². The van der Waals surface area contributed by atoms with E-state index in [1.54, 1.807) is 12.4 Å². The second kappa shape index (κ2) is 7.00. The molecule has 3 rings (SSSR count). The van der Waals surface area contributed by atoms with E-state index in [0.29, 0.717) is 31.0 Å². The number of likely N-dealkylation sites (tertiary alicyclic amines) is 1. The Morgan fingerprint density at radius 3 is 2.87 bits per heavy atom. The zero-order chi connectivity index (χ0) is 16.2. The minimum atomic E-state index is -0.0190. The summed E-state index contributed by atoms with van der Waals surface area (Å²) in [6.07, 6.45) is 3.50. The molecule has 0 spiro atoms. The molecule has 2 heterocycles. The van der Waals surface area contributed by atoms with E-state index >= 15 is 0 Å². The molecule has 0 unspecified atom stereocenters. The van der Waals surface area contributed by atoms with Gasteiger partial charge in [0.15, 0.2) is 0 Å². The first-order valence-electron chi connectivity index (χ1n) is 7.75. The lowest BCUT2D eigenvalue weighted by Crippen LogP contribution is -2.46. The predicted molar refractivity (Wildman–Crippen MR) is 88.5 cm³/mol. The monoisotopic (exact) mass is 334 g/mol. The highest BCUT2D eigenvalue weighted by Gasteiger charge is 2.24. The van der Waals surface area contributed by atoms with E-state index < -0.39 is 0 Å². The number of alkyl halides is 1. The third kappa shape index (κ3) is 3.64. The SMILES string of the molecule is O=C(CCCl)NC1CCN(C(=O)c2ccc3nc[nH]c3c2)CC1. The summed E-state index contributed by atoms with van der Waals surface area (Å²) < 4.78 is 0. The van der Waals surface area contributed by atoms with Crippen molar-refractivity contribution in [3.8, 4) is 0 Å². The van der Waals surface area contributed by atoms with Crippen LogP contribution in [-0.4, -0.2) is 51.7 Å². The Hall–Kier alpha value is -2.08. The standard InChI is InChI=1S/C16H19ClN4O2/c17-6-3-15(22)20-12-4-7-21(8-5-12)16(23)11-1-2-13-14(9-11)19-10-18-13/h1-2,9-10,12H,3-8H2,(H,18,19)(H,20,22). The summed E-state index contributed by atoms with van der Waals surface area (Å²) in [4.78, 5) is 33.2. The molecule has 2 amide bonds. The number of fused-ring (bicyclic) bond motifs is 1. The number of piperidine rings is 1. The third-order valence-electron chi connectivity index (χ3n) is 4.14. The summed E-state index contributed by atoms with van der Waals surface area (Å²) in [6, 6.07) is 5.61. The number of halogens is 1. The number of imidazole rings is 1. The van der Waals surface area contributed by atoms with Crippen molar-refractivity contribution >= 4 is 34.4 Å². The summed E-state index contributed by atoms with van der Waals surface area (Å²) in [6.45, 7) is 1.29. The molecule has 0 radical (unpaired) electrons. The number of nitrogens with zero attached hydrogens (tertiary/aromatic N) is 2. The van der Waals surface area contributed by atoms with Gasteiger partial charge in [0.05, 0.1) is 17.4 Å². The van der Waals surface area contributed by atoms with E-state index in [1.165, 1.54) is 0 Å². The van der Waals surface area contributed by atoms with Gasteiger partial charge in [0.25, 0.3) is 5.91 Å². The molecule has 122 valence electrons. The van der Waals surface area contributed by atoms with Crippen LogP contribution in [0.4, 0.5) is 0 Å². The van der Waals surface area contributed by atoms with Gasteiger partial charge in [-0.15, -0.1) is 11.6 Å². The number of rotatable bonds is 4. The second-order valence-electron chi connectivity index (χ2n) is 5.71. The van der Waals surface area contributed by atoms with Gasteiger partial charge in [-0.1, -0.05) is 0 Å². The Labute approximate surface area is 139 Å².